The van der Waals surface area contributed by atoms with Gasteiger partial charge in [-0.1, -0.05) is 0 Å². The van der Waals surface area contributed by atoms with Crippen LogP contribution in [-0.2, 0) is 0 Å². The van der Waals surface area contributed by atoms with Gasteiger partial charge < -0.3 is 5.73 Å². The first kappa shape index (κ1) is 9.52. The number of tetrazole rings is 1. The van der Waals surface area contributed by atoms with Crippen molar-refractivity contribution in [2.75, 3.05) is 5.73 Å². The molecule has 8 heteroatoms. The van der Waals surface area contributed by atoms with Gasteiger partial charge >= 0.3 is 0 Å². The maximum atomic E-state index is 5.57. The lowest BCUT2D eigenvalue weighted by Gasteiger charge is -2.00. The lowest BCUT2D eigenvalue weighted by atomic mass is 10.6. The summed E-state index contributed by atoms with van der Waals surface area (Å²) < 4.78 is 1.82. The number of hydrogen-bond donors (Lipinski definition) is 1. The van der Waals surface area contributed by atoms with Crippen molar-refractivity contribution in [1.29, 1.82) is 0 Å². The van der Waals surface area contributed by atoms with E-state index in [2.05, 4.69) is 25.5 Å². The summed E-state index contributed by atoms with van der Waals surface area (Å²) >= 11 is 1.33. The van der Waals surface area contributed by atoms with Crippen LogP contribution < -0.4 is 5.73 Å². The molecule has 7 nitrogen and oxygen atoms in total. The van der Waals surface area contributed by atoms with Crippen LogP contribution >= 0.6 is 11.8 Å². The molecule has 1 fully saturated rings. The Morgan fingerprint density at radius 3 is 3.06 bits per heavy atom. The first-order valence-corrected chi connectivity index (χ1v) is 5.69. The number of hydrogen-bond acceptors (Lipinski definition) is 7. The van der Waals surface area contributed by atoms with Crippen LogP contribution in [0.4, 0.5) is 5.82 Å². The Balaban J connectivity index is 1.85. The molecule has 0 aromatic carbocycles. The Labute approximate surface area is 95.5 Å². The molecule has 0 radical (unpaired) electrons. The molecule has 0 spiro atoms. The van der Waals surface area contributed by atoms with Crippen molar-refractivity contribution >= 4 is 17.6 Å². The molecule has 0 unspecified atom stereocenters. The first-order valence-electron chi connectivity index (χ1n) is 4.87. The minimum absolute atomic E-state index is 0.443. The maximum absolute atomic E-state index is 5.57. The minimum atomic E-state index is 0.443. The fraction of sp³-hybridized carbons (Fsp3) is 0.375. The lowest BCUT2D eigenvalue weighted by Crippen LogP contribution is -2.00. The van der Waals surface area contributed by atoms with Gasteiger partial charge in [-0.25, -0.2) is 14.6 Å². The van der Waals surface area contributed by atoms with Crippen molar-refractivity contribution in [2.24, 2.45) is 0 Å². The molecule has 0 saturated heterocycles. The average molecular weight is 235 g/mol. The molecule has 2 aromatic heterocycles. The van der Waals surface area contributed by atoms with Gasteiger partial charge in [-0.3, -0.25) is 0 Å². The number of nitrogens with zero attached hydrogens (tertiary/aromatic N) is 6. The smallest absolute Gasteiger partial charge is 0.217 e. The summed E-state index contributed by atoms with van der Waals surface area (Å²) in [7, 11) is 0. The average Bonchev–Trinajstić information content (AvgIpc) is 3.00. The van der Waals surface area contributed by atoms with Crippen molar-refractivity contribution in [1.82, 2.24) is 30.2 Å². The summed E-state index contributed by atoms with van der Waals surface area (Å²) in [4.78, 5) is 8.19. The van der Waals surface area contributed by atoms with Crippen molar-refractivity contribution in [3.05, 3.63) is 12.3 Å². The molecule has 2 aromatic rings. The van der Waals surface area contributed by atoms with Crippen LogP contribution in [0.15, 0.2) is 22.6 Å². The van der Waals surface area contributed by atoms with Gasteiger partial charge in [-0.2, -0.15) is 0 Å². The van der Waals surface area contributed by atoms with E-state index in [4.69, 9.17) is 5.73 Å². The van der Waals surface area contributed by atoms with E-state index in [-0.39, 0.29) is 0 Å². The maximum Gasteiger partial charge on any atom is 0.217 e. The lowest BCUT2D eigenvalue weighted by molar-refractivity contribution is 0.565. The summed E-state index contributed by atoms with van der Waals surface area (Å²) in [5, 5.41) is 12.8. The Bertz CT molecular complexity index is 507. The quantitative estimate of drug-likeness (QED) is 0.775. The molecule has 82 valence electrons. The zero-order valence-electron chi connectivity index (χ0n) is 8.32. The zero-order chi connectivity index (χ0) is 11.0. The number of aromatic nitrogens is 6. The molecule has 0 aliphatic heterocycles. The highest BCUT2D eigenvalue weighted by Crippen LogP contribution is 2.37. The van der Waals surface area contributed by atoms with Gasteiger partial charge in [0.15, 0.2) is 5.16 Å². The van der Waals surface area contributed by atoms with Crippen LogP contribution in [0.25, 0.3) is 0 Å². The minimum Gasteiger partial charge on any atom is -0.384 e. The summed E-state index contributed by atoms with van der Waals surface area (Å²) in [5.74, 6) is 0.447. The van der Waals surface area contributed by atoms with Crippen LogP contribution in [-0.4, -0.2) is 30.2 Å². The van der Waals surface area contributed by atoms with Gasteiger partial charge in [0.2, 0.25) is 5.16 Å². The predicted molar refractivity (Wildman–Crippen MR) is 56.7 cm³/mol. The molecular formula is C8H9N7S. The highest BCUT2D eigenvalue weighted by Gasteiger charge is 2.28. The highest BCUT2D eigenvalue weighted by atomic mass is 32.2. The molecule has 2 N–H and O–H groups in total. The second-order valence-electron chi connectivity index (χ2n) is 3.50. The predicted octanol–water partition coefficient (Wildman–Crippen LogP) is 0.531. The highest BCUT2D eigenvalue weighted by molar-refractivity contribution is 7.99. The first-order chi connectivity index (χ1) is 7.83. The van der Waals surface area contributed by atoms with Crippen LogP contribution in [0, 0.1) is 0 Å². The van der Waals surface area contributed by atoms with Crippen LogP contribution in [0.5, 0.6) is 0 Å². The molecule has 16 heavy (non-hydrogen) atoms. The van der Waals surface area contributed by atoms with Crippen molar-refractivity contribution in [2.45, 2.75) is 29.2 Å². The summed E-state index contributed by atoms with van der Waals surface area (Å²) in [6.45, 7) is 0. The SMILES string of the molecule is Nc1ccnc(Sc2nnnn2C2CC2)n1. The fourth-order valence-electron chi connectivity index (χ4n) is 1.29. The number of nitrogens with two attached hydrogens (primary N) is 1. The van der Waals surface area contributed by atoms with Crippen LogP contribution in [0.1, 0.15) is 18.9 Å². The Hall–Kier alpha value is -1.70. The molecule has 0 atom stereocenters. The van der Waals surface area contributed by atoms with Crippen LogP contribution in [0.2, 0.25) is 0 Å². The van der Waals surface area contributed by atoms with E-state index in [1.54, 1.807) is 12.3 Å². The van der Waals surface area contributed by atoms with E-state index < -0.39 is 0 Å². The number of anilines is 1. The standard InChI is InChI=1S/C8H9N7S/c9-6-3-4-10-7(11-6)16-8-12-13-14-15(8)5-1-2-5/h3-5H,1-2H2,(H2,9,10,11). The molecular weight excluding hydrogens is 226 g/mol. The van der Waals surface area contributed by atoms with Gasteiger partial charge in [0, 0.05) is 6.20 Å². The molecule has 0 bridgehead atoms. The van der Waals surface area contributed by atoms with Gasteiger partial charge in [0.25, 0.3) is 0 Å². The van der Waals surface area contributed by atoms with Crippen molar-refractivity contribution in [3.8, 4) is 0 Å². The third-order valence-corrected chi connectivity index (χ3v) is 3.02. The third-order valence-electron chi connectivity index (χ3n) is 2.19. The monoisotopic (exact) mass is 235 g/mol. The summed E-state index contributed by atoms with van der Waals surface area (Å²) in [6.07, 6.45) is 3.89. The normalized spacial score (nSPS) is 15.2. The number of nitrogen functional groups attached to an aromatic ring is 1. The van der Waals surface area contributed by atoms with E-state index >= 15 is 0 Å². The van der Waals surface area contributed by atoms with Gasteiger partial charge in [-0.15, -0.1) is 5.10 Å². The van der Waals surface area contributed by atoms with Gasteiger partial charge in [0.1, 0.15) is 5.82 Å². The topological polar surface area (TPSA) is 95.4 Å². The van der Waals surface area contributed by atoms with Gasteiger partial charge in [-0.05, 0) is 41.1 Å². The molecule has 3 rings (SSSR count). The largest absolute Gasteiger partial charge is 0.384 e. The van der Waals surface area contributed by atoms with E-state index in [0.717, 1.165) is 12.8 Å². The fourth-order valence-corrected chi connectivity index (χ4v) is 2.07. The molecule has 1 aliphatic carbocycles. The van der Waals surface area contributed by atoms with Crippen molar-refractivity contribution < 1.29 is 0 Å². The third kappa shape index (κ3) is 1.83. The zero-order valence-corrected chi connectivity index (χ0v) is 9.13. The second-order valence-corrected chi connectivity index (χ2v) is 4.44. The van der Waals surface area contributed by atoms with Crippen molar-refractivity contribution in [3.63, 3.8) is 0 Å². The van der Waals surface area contributed by atoms with Crippen LogP contribution in [0.3, 0.4) is 0 Å². The number of rotatable bonds is 3. The Morgan fingerprint density at radius 2 is 2.31 bits per heavy atom. The molecule has 1 aliphatic rings. The second kappa shape index (κ2) is 3.71. The molecule has 2 heterocycles. The van der Waals surface area contributed by atoms with E-state index in [0.29, 0.717) is 22.2 Å². The summed E-state index contributed by atoms with van der Waals surface area (Å²) in [5.41, 5.74) is 5.57. The van der Waals surface area contributed by atoms with E-state index in [1.807, 2.05) is 4.68 Å². The van der Waals surface area contributed by atoms with E-state index in [1.165, 1.54) is 11.8 Å². The molecule has 0 amide bonds. The Kier molecular flexibility index (Phi) is 2.21. The Morgan fingerprint density at radius 1 is 1.44 bits per heavy atom. The van der Waals surface area contributed by atoms with E-state index in [9.17, 15) is 0 Å². The molecule has 1 saturated carbocycles. The van der Waals surface area contributed by atoms with Gasteiger partial charge in [0.05, 0.1) is 6.04 Å². The summed E-state index contributed by atoms with van der Waals surface area (Å²) in [6, 6.07) is 2.09.